The number of Topliss-reactive ketones (excluding diaryl/α,β-unsaturated/α-hetero) is 1. The Labute approximate surface area is 247 Å². The van der Waals surface area contributed by atoms with E-state index in [2.05, 4.69) is 19.9 Å². The van der Waals surface area contributed by atoms with Gasteiger partial charge in [-0.25, -0.2) is 0 Å². The molecule has 0 spiro atoms. The third kappa shape index (κ3) is 8.40. The molecule has 4 aliphatic rings. The fraction of sp³-hybridized carbons (Fsp3) is 0.909. The van der Waals surface area contributed by atoms with Crippen LogP contribution in [0.2, 0.25) is 0 Å². The lowest BCUT2D eigenvalue weighted by Crippen LogP contribution is -2.51. The standard InChI is InChI=1S/C33H56O8/c1-25(35)29-6-7-30-28-5-4-26-24-27(8-10-32(26,2)31(28)9-11-33(29,30)3)41-23-22-40-21-20-39-19-18-38-17-16-37-15-14-36-13-12-34/h4,27-31,34H,5-24H2,1-3H3/t27-,28-,29+,30-,31-,32-,33+/m0/s1. The summed E-state index contributed by atoms with van der Waals surface area (Å²) in [6.07, 6.45) is 12.3. The second-order valence-electron chi connectivity index (χ2n) is 13.1. The minimum absolute atomic E-state index is 0.0356. The van der Waals surface area contributed by atoms with Crippen LogP contribution in [0.5, 0.6) is 0 Å². The number of fused-ring (bicyclic) bond motifs is 5. The van der Waals surface area contributed by atoms with Gasteiger partial charge in [0.2, 0.25) is 0 Å². The quantitative estimate of drug-likeness (QED) is 0.175. The Hall–Kier alpha value is -0.870. The Morgan fingerprint density at radius 3 is 1.95 bits per heavy atom. The molecule has 8 heteroatoms. The molecular formula is C33H56O8. The number of hydrogen-bond donors (Lipinski definition) is 1. The number of aliphatic hydroxyl groups is 1. The molecule has 236 valence electrons. The van der Waals surface area contributed by atoms with Gasteiger partial charge in [0.15, 0.2) is 0 Å². The average molecular weight is 581 g/mol. The molecule has 0 aliphatic heterocycles. The van der Waals surface area contributed by atoms with Gasteiger partial charge in [0.05, 0.1) is 85.4 Å². The normalized spacial score (nSPS) is 34.5. The zero-order valence-electron chi connectivity index (χ0n) is 25.9. The van der Waals surface area contributed by atoms with Crippen LogP contribution in [0.3, 0.4) is 0 Å². The SMILES string of the molecule is CC(=O)[C@H]1CC[C@H]2[C@@H]3CC=C4C[C@@H](OCCOCCOCCOCCOCCOCCO)CC[C@]4(C)[C@H]3CC[C@]12C. The van der Waals surface area contributed by atoms with Crippen molar-refractivity contribution in [2.45, 2.75) is 78.2 Å². The molecule has 0 saturated heterocycles. The van der Waals surface area contributed by atoms with Crippen LogP contribution in [0.1, 0.15) is 72.1 Å². The van der Waals surface area contributed by atoms with E-state index in [1.807, 2.05) is 6.92 Å². The van der Waals surface area contributed by atoms with Crippen LogP contribution < -0.4 is 0 Å². The summed E-state index contributed by atoms with van der Waals surface area (Å²) in [7, 11) is 0. The summed E-state index contributed by atoms with van der Waals surface area (Å²) in [5.41, 5.74) is 2.16. The van der Waals surface area contributed by atoms with E-state index in [-0.39, 0.29) is 17.9 Å². The number of aliphatic hydroxyl groups excluding tert-OH is 1. The Kier molecular flexibility index (Phi) is 13.1. The molecule has 0 aromatic heterocycles. The van der Waals surface area contributed by atoms with Crippen molar-refractivity contribution in [1.29, 1.82) is 0 Å². The Morgan fingerprint density at radius 1 is 0.780 bits per heavy atom. The maximum Gasteiger partial charge on any atom is 0.133 e. The number of ketones is 1. The average Bonchev–Trinajstić information content (AvgIpc) is 3.32. The molecule has 0 radical (unpaired) electrons. The minimum Gasteiger partial charge on any atom is -0.394 e. The van der Waals surface area contributed by atoms with E-state index in [1.165, 1.54) is 32.1 Å². The number of rotatable bonds is 19. The highest BCUT2D eigenvalue weighted by Gasteiger charge is 2.59. The Balaban J connectivity index is 1.04. The highest BCUT2D eigenvalue weighted by atomic mass is 16.6. The zero-order valence-corrected chi connectivity index (χ0v) is 25.9. The van der Waals surface area contributed by atoms with Crippen LogP contribution in [0, 0.1) is 34.5 Å². The number of allylic oxidation sites excluding steroid dienone is 1. The molecule has 0 unspecified atom stereocenters. The summed E-state index contributed by atoms with van der Waals surface area (Å²) < 4.78 is 33.5. The van der Waals surface area contributed by atoms with Crippen LogP contribution in [0.15, 0.2) is 11.6 Å². The van der Waals surface area contributed by atoms with E-state index in [9.17, 15) is 4.79 Å². The molecule has 7 atom stereocenters. The summed E-state index contributed by atoms with van der Waals surface area (Å²) in [5, 5.41) is 8.62. The smallest absolute Gasteiger partial charge is 0.133 e. The molecule has 0 amide bonds. The number of carbonyl (C=O) groups is 1. The summed E-state index contributed by atoms with van der Waals surface area (Å²) in [5.74, 6) is 2.92. The van der Waals surface area contributed by atoms with Crippen molar-refractivity contribution in [3.8, 4) is 0 Å². The second-order valence-corrected chi connectivity index (χ2v) is 13.1. The first kappa shape index (κ1) is 33.0. The fourth-order valence-corrected chi connectivity index (χ4v) is 8.76. The molecule has 3 fully saturated rings. The molecule has 4 rings (SSSR count). The third-order valence-electron chi connectivity index (χ3n) is 10.9. The van der Waals surface area contributed by atoms with Gasteiger partial charge in [0.1, 0.15) is 5.78 Å². The zero-order chi connectivity index (χ0) is 29.1. The molecule has 0 aromatic carbocycles. The summed E-state index contributed by atoms with van der Waals surface area (Å²) in [6, 6.07) is 0. The first-order chi connectivity index (χ1) is 19.9. The largest absolute Gasteiger partial charge is 0.394 e. The van der Waals surface area contributed by atoms with Gasteiger partial charge in [-0.3, -0.25) is 4.79 Å². The third-order valence-corrected chi connectivity index (χ3v) is 10.9. The van der Waals surface area contributed by atoms with Crippen molar-refractivity contribution in [1.82, 2.24) is 0 Å². The Morgan fingerprint density at radius 2 is 1.37 bits per heavy atom. The van der Waals surface area contributed by atoms with E-state index in [0.717, 1.165) is 31.1 Å². The molecular weight excluding hydrogens is 524 g/mol. The summed E-state index contributed by atoms with van der Waals surface area (Å²) >= 11 is 0. The monoisotopic (exact) mass is 580 g/mol. The molecule has 3 saturated carbocycles. The van der Waals surface area contributed by atoms with Gasteiger partial charge in [-0.15, -0.1) is 0 Å². The molecule has 0 aromatic rings. The van der Waals surface area contributed by atoms with Crippen LogP contribution in [0.25, 0.3) is 0 Å². The fourth-order valence-electron chi connectivity index (χ4n) is 8.76. The van der Waals surface area contributed by atoms with Gasteiger partial charge >= 0.3 is 0 Å². The first-order valence-corrected chi connectivity index (χ1v) is 16.2. The van der Waals surface area contributed by atoms with Crippen molar-refractivity contribution in [2.24, 2.45) is 34.5 Å². The molecule has 41 heavy (non-hydrogen) atoms. The van der Waals surface area contributed by atoms with E-state index in [4.69, 9.17) is 33.5 Å². The van der Waals surface area contributed by atoms with Gasteiger partial charge in [0, 0.05) is 5.92 Å². The van der Waals surface area contributed by atoms with Crippen molar-refractivity contribution in [3.05, 3.63) is 11.6 Å². The van der Waals surface area contributed by atoms with Gasteiger partial charge in [-0.2, -0.15) is 0 Å². The lowest BCUT2D eigenvalue weighted by atomic mass is 9.47. The molecule has 0 bridgehead atoms. The first-order valence-electron chi connectivity index (χ1n) is 16.2. The van der Waals surface area contributed by atoms with Gasteiger partial charge < -0.3 is 33.5 Å². The highest BCUT2D eigenvalue weighted by Crippen LogP contribution is 2.66. The summed E-state index contributed by atoms with van der Waals surface area (Å²) in [6.45, 7) is 12.6. The number of ether oxygens (including phenoxy) is 6. The topological polar surface area (TPSA) is 92.7 Å². The maximum absolute atomic E-state index is 12.4. The van der Waals surface area contributed by atoms with E-state index < -0.39 is 0 Å². The predicted molar refractivity (Wildman–Crippen MR) is 157 cm³/mol. The second kappa shape index (κ2) is 16.3. The van der Waals surface area contributed by atoms with Crippen molar-refractivity contribution in [3.63, 3.8) is 0 Å². The van der Waals surface area contributed by atoms with E-state index in [1.54, 1.807) is 5.57 Å². The lowest BCUT2D eigenvalue weighted by Gasteiger charge is -2.58. The number of carbonyl (C=O) groups excluding carboxylic acids is 1. The lowest BCUT2D eigenvalue weighted by molar-refractivity contribution is -0.127. The van der Waals surface area contributed by atoms with E-state index in [0.29, 0.717) is 95.9 Å². The molecule has 4 aliphatic carbocycles. The molecule has 0 heterocycles. The van der Waals surface area contributed by atoms with E-state index >= 15 is 0 Å². The molecule has 1 N–H and O–H groups in total. The summed E-state index contributed by atoms with van der Waals surface area (Å²) in [4.78, 5) is 12.4. The number of hydrogen-bond acceptors (Lipinski definition) is 8. The van der Waals surface area contributed by atoms with Crippen LogP contribution in [-0.4, -0.2) is 96.3 Å². The minimum atomic E-state index is 0.0356. The van der Waals surface area contributed by atoms with Crippen LogP contribution in [-0.2, 0) is 33.2 Å². The Bertz CT molecular complexity index is 832. The van der Waals surface area contributed by atoms with Gasteiger partial charge in [-0.05, 0) is 86.9 Å². The highest BCUT2D eigenvalue weighted by molar-refractivity contribution is 5.79. The van der Waals surface area contributed by atoms with Gasteiger partial charge in [-0.1, -0.05) is 25.5 Å². The van der Waals surface area contributed by atoms with Gasteiger partial charge in [0.25, 0.3) is 0 Å². The van der Waals surface area contributed by atoms with Crippen LogP contribution in [0.4, 0.5) is 0 Å². The molecule has 8 nitrogen and oxygen atoms in total. The maximum atomic E-state index is 12.4. The van der Waals surface area contributed by atoms with Crippen molar-refractivity contribution < 1.29 is 38.3 Å². The van der Waals surface area contributed by atoms with Crippen LogP contribution >= 0.6 is 0 Å². The van der Waals surface area contributed by atoms with Crippen molar-refractivity contribution >= 4 is 5.78 Å². The predicted octanol–water partition coefficient (Wildman–Crippen LogP) is 4.61. The van der Waals surface area contributed by atoms with Crippen molar-refractivity contribution in [2.75, 3.05) is 79.3 Å².